The number of carbonyl (C=O) groups excluding carboxylic acids is 1. The fourth-order valence-corrected chi connectivity index (χ4v) is 6.25. The summed E-state index contributed by atoms with van der Waals surface area (Å²) in [6.45, 7) is 3.83. The molecule has 3 aliphatic rings. The van der Waals surface area contributed by atoms with Gasteiger partial charge in [0.25, 0.3) is 0 Å². The Morgan fingerprint density at radius 2 is 1.78 bits per heavy atom. The summed E-state index contributed by atoms with van der Waals surface area (Å²) in [5.74, 6) is 1.55. The minimum atomic E-state index is -5.03. The van der Waals surface area contributed by atoms with Crippen molar-refractivity contribution in [1.82, 2.24) is 15.2 Å². The number of carbonyl (C=O) groups is 1. The van der Waals surface area contributed by atoms with E-state index in [4.69, 9.17) is 4.74 Å². The Morgan fingerprint density at radius 1 is 1.07 bits per heavy atom. The van der Waals surface area contributed by atoms with Crippen LogP contribution in [0.1, 0.15) is 48.9 Å². The van der Waals surface area contributed by atoms with Crippen LogP contribution in [-0.2, 0) is 12.4 Å². The van der Waals surface area contributed by atoms with Gasteiger partial charge in [-0.2, -0.15) is 26.3 Å². The van der Waals surface area contributed by atoms with Crippen LogP contribution in [0.3, 0.4) is 0 Å². The number of piperidine rings is 3. The molecular formula is C29H30F6N4O2. The van der Waals surface area contributed by atoms with E-state index in [1.54, 1.807) is 30.5 Å². The molecule has 0 saturated carbocycles. The van der Waals surface area contributed by atoms with E-state index in [2.05, 4.69) is 27.4 Å². The highest BCUT2D eigenvalue weighted by molar-refractivity contribution is 5.91. The van der Waals surface area contributed by atoms with Gasteiger partial charge in [-0.3, -0.25) is 9.88 Å². The van der Waals surface area contributed by atoms with Crippen LogP contribution < -0.4 is 15.4 Å². The third-order valence-electron chi connectivity index (χ3n) is 8.29. The highest BCUT2D eigenvalue weighted by Gasteiger charge is 2.44. The molecule has 1 aromatic heterocycles. The Balaban J connectivity index is 1.51. The number of hydrogen-bond acceptors (Lipinski definition) is 4. The second-order valence-electron chi connectivity index (χ2n) is 10.7. The van der Waals surface area contributed by atoms with Gasteiger partial charge in [-0.05, 0) is 79.3 Å². The molecule has 41 heavy (non-hydrogen) atoms. The van der Waals surface area contributed by atoms with Crippen molar-refractivity contribution in [2.45, 2.75) is 50.6 Å². The predicted molar refractivity (Wildman–Crippen MR) is 142 cm³/mol. The first-order chi connectivity index (χ1) is 19.4. The molecule has 3 saturated heterocycles. The first kappa shape index (κ1) is 29.0. The molecule has 2 aromatic carbocycles. The molecule has 3 fully saturated rings. The quantitative estimate of drug-likeness (QED) is 0.301. The average Bonchev–Trinajstić information content (AvgIpc) is 2.94. The molecule has 3 aromatic rings. The van der Waals surface area contributed by atoms with Crippen LogP contribution in [0.25, 0.3) is 10.9 Å². The summed E-state index contributed by atoms with van der Waals surface area (Å²) in [5, 5.41) is 5.85. The number of nitrogens with zero attached hydrogens (tertiary/aromatic N) is 2. The first-order valence-electron chi connectivity index (χ1n) is 13.4. The number of halogens is 6. The lowest BCUT2D eigenvalue weighted by molar-refractivity contribution is -0.143. The van der Waals surface area contributed by atoms with Crippen molar-refractivity contribution in [3.63, 3.8) is 0 Å². The molecular weight excluding hydrogens is 550 g/mol. The van der Waals surface area contributed by atoms with Crippen molar-refractivity contribution in [2.75, 3.05) is 25.5 Å². The van der Waals surface area contributed by atoms with E-state index in [1.807, 2.05) is 0 Å². The maximum absolute atomic E-state index is 13.4. The standard InChI is InChI=1S/C29H30F6N4O2/c1-3-16-15-39-9-7-17(16)10-25(39)26(22-6-8-36-24-5-4-21(41-2)14-23(22)24)38-27(40)37-20-12-18(28(30,31)32)11-19(13-20)29(33,34)35/h4-6,8,11-14,16-17,25-26H,3,7,9-10,15H2,1-2H3,(H2,37,38,40)/t16-,17?,25-,26-/m0/s1. The molecule has 4 heterocycles. The number of urea groups is 1. The number of fused-ring (bicyclic) bond motifs is 4. The average molecular weight is 581 g/mol. The van der Waals surface area contributed by atoms with E-state index >= 15 is 0 Å². The fourth-order valence-electron chi connectivity index (χ4n) is 6.25. The number of methoxy groups -OCH3 is 1. The monoisotopic (exact) mass is 580 g/mol. The highest BCUT2D eigenvalue weighted by Crippen LogP contribution is 2.43. The number of amides is 2. The van der Waals surface area contributed by atoms with Gasteiger partial charge in [0.2, 0.25) is 0 Å². The number of hydrogen-bond donors (Lipinski definition) is 2. The van der Waals surface area contributed by atoms with Gasteiger partial charge in [-0.1, -0.05) is 13.3 Å². The van der Waals surface area contributed by atoms with Gasteiger partial charge in [-0.25, -0.2) is 4.79 Å². The van der Waals surface area contributed by atoms with Crippen molar-refractivity contribution >= 4 is 22.6 Å². The SMILES string of the molecule is CC[C@H]1CN2CCC1C[C@H]2[C@@H](NC(=O)Nc1cc(C(F)(F)F)cc(C(F)(F)F)c1)c1ccnc2ccc(OC)cc12. The first-order valence-corrected chi connectivity index (χ1v) is 13.4. The third-order valence-corrected chi connectivity index (χ3v) is 8.29. The highest BCUT2D eigenvalue weighted by atomic mass is 19.4. The molecule has 220 valence electrons. The lowest BCUT2D eigenvalue weighted by atomic mass is 9.72. The minimum absolute atomic E-state index is 0.0264. The number of alkyl halides is 6. The third kappa shape index (κ3) is 6.07. The van der Waals surface area contributed by atoms with E-state index in [0.717, 1.165) is 43.3 Å². The van der Waals surface area contributed by atoms with Crippen LogP contribution in [0.2, 0.25) is 0 Å². The van der Waals surface area contributed by atoms with Crippen molar-refractivity contribution < 1.29 is 35.9 Å². The van der Waals surface area contributed by atoms with Gasteiger partial charge in [0, 0.05) is 29.9 Å². The maximum Gasteiger partial charge on any atom is 0.416 e. The second-order valence-corrected chi connectivity index (χ2v) is 10.7. The molecule has 12 heteroatoms. The van der Waals surface area contributed by atoms with Crippen LogP contribution in [0.5, 0.6) is 5.75 Å². The molecule has 3 aliphatic heterocycles. The lowest BCUT2D eigenvalue weighted by Crippen LogP contribution is -2.58. The van der Waals surface area contributed by atoms with Gasteiger partial charge in [0.15, 0.2) is 0 Å². The predicted octanol–water partition coefficient (Wildman–Crippen LogP) is 7.26. The second kappa shape index (κ2) is 11.0. The number of ether oxygens (including phenoxy) is 1. The van der Waals surface area contributed by atoms with E-state index in [0.29, 0.717) is 35.2 Å². The van der Waals surface area contributed by atoms with Crippen LogP contribution in [-0.4, -0.2) is 42.2 Å². The summed E-state index contributed by atoms with van der Waals surface area (Å²) in [4.78, 5) is 20.0. The van der Waals surface area contributed by atoms with Gasteiger partial charge in [0.1, 0.15) is 5.75 Å². The zero-order valence-electron chi connectivity index (χ0n) is 22.4. The number of pyridine rings is 1. The van der Waals surface area contributed by atoms with E-state index in [-0.39, 0.29) is 12.1 Å². The molecule has 2 N–H and O–H groups in total. The molecule has 5 atom stereocenters. The number of nitrogens with one attached hydrogen (secondary N) is 2. The van der Waals surface area contributed by atoms with Gasteiger partial charge in [-0.15, -0.1) is 0 Å². The van der Waals surface area contributed by atoms with Crippen molar-refractivity contribution in [3.05, 3.63) is 65.4 Å². The minimum Gasteiger partial charge on any atom is -0.497 e. The Hall–Kier alpha value is -3.54. The van der Waals surface area contributed by atoms with Crippen molar-refractivity contribution in [1.29, 1.82) is 0 Å². The molecule has 6 rings (SSSR count). The zero-order chi connectivity index (χ0) is 29.5. The Kier molecular flexibility index (Phi) is 7.80. The van der Waals surface area contributed by atoms with Gasteiger partial charge >= 0.3 is 18.4 Å². The largest absolute Gasteiger partial charge is 0.497 e. The molecule has 2 amide bonds. The molecule has 2 unspecified atom stereocenters. The topological polar surface area (TPSA) is 66.5 Å². The summed E-state index contributed by atoms with van der Waals surface area (Å²) in [6.07, 6.45) is -5.60. The summed E-state index contributed by atoms with van der Waals surface area (Å²) in [7, 11) is 1.53. The normalized spacial score (nSPS) is 23.3. The van der Waals surface area contributed by atoms with Crippen LogP contribution in [0.4, 0.5) is 36.8 Å². The Morgan fingerprint density at radius 3 is 2.37 bits per heavy atom. The lowest BCUT2D eigenvalue weighted by Gasteiger charge is -2.52. The number of rotatable bonds is 6. The summed E-state index contributed by atoms with van der Waals surface area (Å²) in [5.41, 5.74) is -2.23. The molecule has 0 spiro atoms. The van der Waals surface area contributed by atoms with E-state index in [9.17, 15) is 31.1 Å². The van der Waals surface area contributed by atoms with E-state index in [1.165, 1.54) is 7.11 Å². The van der Waals surface area contributed by atoms with E-state index < -0.39 is 41.2 Å². The van der Waals surface area contributed by atoms with Crippen LogP contribution in [0, 0.1) is 11.8 Å². The molecule has 0 aliphatic carbocycles. The summed E-state index contributed by atoms with van der Waals surface area (Å²) >= 11 is 0. The number of benzene rings is 2. The molecule has 0 radical (unpaired) electrons. The van der Waals surface area contributed by atoms with Gasteiger partial charge < -0.3 is 15.4 Å². The van der Waals surface area contributed by atoms with Crippen molar-refractivity contribution in [2.24, 2.45) is 11.8 Å². The molecule has 6 nitrogen and oxygen atoms in total. The van der Waals surface area contributed by atoms with Crippen LogP contribution >= 0.6 is 0 Å². The van der Waals surface area contributed by atoms with Crippen LogP contribution in [0.15, 0.2) is 48.7 Å². The summed E-state index contributed by atoms with van der Waals surface area (Å²) in [6, 6.07) is 6.48. The Labute approximate surface area is 233 Å². The zero-order valence-corrected chi connectivity index (χ0v) is 22.4. The number of aromatic nitrogens is 1. The fraction of sp³-hybridized carbons (Fsp3) is 0.448. The summed E-state index contributed by atoms with van der Waals surface area (Å²) < 4.78 is 85.7. The Bertz CT molecular complexity index is 1390. The number of anilines is 1. The maximum atomic E-state index is 13.4. The van der Waals surface area contributed by atoms with Crippen molar-refractivity contribution in [3.8, 4) is 5.75 Å². The van der Waals surface area contributed by atoms with Gasteiger partial charge in [0.05, 0.1) is 29.8 Å². The molecule has 2 bridgehead atoms. The smallest absolute Gasteiger partial charge is 0.416 e.